The Balaban J connectivity index is 1.92. The lowest BCUT2D eigenvalue weighted by Gasteiger charge is -2.43. The Morgan fingerprint density at radius 2 is 1.88 bits per heavy atom. The molecule has 2 saturated heterocycles. The van der Waals surface area contributed by atoms with E-state index in [-0.39, 0.29) is 17.1 Å². The number of carbonyl (C=O) groups excluding carboxylic acids is 2. The number of hydrogen-bond donors (Lipinski definition) is 1. The highest BCUT2D eigenvalue weighted by atomic mass is 35.5. The van der Waals surface area contributed by atoms with E-state index in [0.29, 0.717) is 28.6 Å². The predicted octanol–water partition coefficient (Wildman–Crippen LogP) is 4.40. The maximum absolute atomic E-state index is 13.2. The van der Waals surface area contributed by atoms with Crippen molar-refractivity contribution in [3.8, 4) is 0 Å². The van der Waals surface area contributed by atoms with Gasteiger partial charge in [0.1, 0.15) is 5.92 Å². The number of hydrogen-bond acceptors (Lipinski definition) is 3. The van der Waals surface area contributed by atoms with E-state index in [1.54, 1.807) is 19.1 Å². The van der Waals surface area contributed by atoms with Crippen molar-refractivity contribution in [3.05, 3.63) is 33.3 Å². The Hall–Kier alpha value is -1.10. The molecule has 0 aromatic heterocycles. The fourth-order valence-electron chi connectivity index (χ4n) is 3.99. The highest BCUT2D eigenvalue weighted by molar-refractivity contribution is 6.36. The number of ketones is 1. The van der Waals surface area contributed by atoms with Crippen molar-refractivity contribution in [1.82, 2.24) is 5.32 Å². The summed E-state index contributed by atoms with van der Waals surface area (Å²) in [6, 6.07) is 3.28. The maximum Gasteiger partial charge on any atom is 0.237 e. The molecule has 0 aliphatic carbocycles. The summed E-state index contributed by atoms with van der Waals surface area (Å²) in [6.45, 7) is 6.56. The summed E-state index contributed by atoms with van der Waals surface area (Å²) in [5, 5.41) is 3.64. The van der Waals surface area contributed by atoms with Crippen LogP contribution >= 0.6 is 23.2 Å². The lowest BCUT2D eigenvalue weighted by Crippen LogP contribution is -2.55. The number of amides is 1. The third kappa shape index (κ3) is 2.98. The zero-order valence-corrected chi connectivity index (χ0v) is 16.3. The van der Waals surface area contributed by atoms with Crippen LogP contribution in [0.1, 0.15) is 56.6 Å². The molecule has 2 aliphatic heterocycles. The van der Waals surface area contributed by atoms with Crippen LogP contribution in [0.15, 0.2) is 12.1 Å². The van der Waals surface area contributed by atoms with E-state index in [1.807, 2.05) is 0 Å². The molecule has 2 fully saturated rings. The molecule has 2 aliphatic rings. The van der Waals surface area contributed by atoms with Gasteiger partial charge in [-0.3, -0.25) is 9.59 Å². The van der Waals surface area contributed by atoms with Crippen molar-refractivity contribution in [2.45, 2.75) is 58.1 Å². The second-order valence-corrected chi connectivity index (χ2v) is 8.07. The monoisotopic (exact) mass is 383 g/mol. The van der Waals surface area contributed by atoms with E-state index < -0.39 is 11.6 Å². The molecule has 0 radical (unpaired) electrons. The Bertz CT molecular complexity index is 694. The number of carbonyl (C=O) groups is 2. The van der Waals surface area contributed by atoms with Gasteiger partial charge in [-0.2, -0.15) is 0 Å². The van der Waals surface area contributed by atoms with E-state index in [1.165, 1.54) is 0 Å². The first-order chi connectivity index (χ1) is 11.8. The summed E-state index contributed by atoms with van der Waals surface area (Å²) in [5.41, 5.74) is 0.125. The number of aryl methyl sites for hydroxylation is 1. The number of Topliss-reactive ketones (excluding diaryl/α,β-unsaturated/α-hetero) is 1. The minimum atomic E-state index is -1.22. The molecule has 2 heterocycles. The van der Waals surface area contributed by atoms with Gasteiger partial charge in [0.05, 0.1) is 6.61 Å². The van der Waals surface area contributed by atoms with E-state index in [2.05, 4.69) is 19.2 Å². The smallest absolute Gasteiger partial charge is 0.237 e. The van der Waals surface area contributed by atoms with Crippen LogP contribution in [0.2, 0.25) is 10.0 Å². The van der Waals surface area contributed by atoms with Gasteiger partial charge in [-0.25, -0.2) is 0 Å². The summed E-state index contributed by atoms with van der Waals surface area (Å²) in [4.78, 5) is 25.8. The van der Waals surface area contributed by atoms with Gasteiger partial charge in [0, 0.05) is 16.5 Å². The molecule has 3 rings (SSSR count). The van der Waals surface area contributed by atoms with Crippen LogP contribution in [0, 0.1) is 12.3 Å². The van der Waals surface area contributed by atoms with Crippen LogP contribution in [-0.4, -0.2) is 24.0 Å². The molecule has 2 atom stereocenters. The molecule has 25 heavy (non-hydrogen) atoms. The Labute approximate surface area is 158 Å². The van der Waals surface area contributed by atoms with Gasteiger partial charge >= 0.3 is 0 Å². The third-order valence-corrected chi connectivity index (χ3v) is 6.50. The van der Waals surface area contributed by atoms with Crippen LogP contribution in [0.5, 0.6) is 0 Å². The normalized spacial score (nSPS) is 28.4. The van der Waals surface area contributed by atoms with Crippen molar-refractivity contribution < 1.29 is 14.3 Å². The van der Waals surface area contributed by atoms with Crippen molar-refractivity contribution in [2.75, 3.05) is 6.61 Å². The van der Waals surface area contributed by atoms with Crippen molar-refractivity contribution >= 4 is 34.9 Å². The first-order valence-electron chi connectivity index (χ1n) is 8.73. The van der Waals surface area contributed by atoms with E-state index in [9.17, 15) is 9.59 Å². The summed E-state index contributed by atoms with van der Waals surface area (Å²) in [6.07, 6.45) is 3.34. The predicted molar refractivity (Wildman–Crippen MR) is 98.0 cm³/mol. The summed E-state index contributed by atoms with van der Waals surface area (Å²) in [7, 11) is 0. The quantitative estimate of drug-likeness (QED) is 0.786. The first kappa shape index (κ1) is 18.7. The fourth-order valence-corrected chi connectivity index (χ4v) is 4.69. The van der Waals surface area contributed by atoms with E-state index in [4.69, 9.17) is 27.9 Å². The van der Waals surface area contributed by atoms with Gasteiger partial charge in [0.2, 0.25) is 17.4 Å². The van der Waals surface area contributed by atoms with Gasteiger partial charge in [-0.05, 0) is 54.9 Å². The van der Waals surface area contributed by atoms with Gasteiger partial charge < -0.3 is 10.1 Å². The zero-order chi connectivity index (χ0) is 18.4. The fraction of sp³-hybridized carbons (Fsp3) is 0.579. The first-order valence-corrected chi connectivity index (χ1v) is 9.49. The summed E-state index contributed by atoms with van der Waals surface area (Å²) >= 11 is 12.3. The van der Waals surface area contributed by atoms with Crippen molar-refractivity contribution in [2.24, 2.45) is 5.41 Å². The Morgan fingerprint density at radius 3 is 2.40 bits per heavy atom. The summed E-state index contributed by atoms with van der Waals surface area (Å²) < 4.78 is 6.01. The lowest BCUT2D eigenvalue weighted by molar-refractivity contribution is -0.168. The molecule has 1 spiro atoms. The van der Waals surface area contributed by atoms with Crippen molar-refractivity contribution in [3.63, 3.8) is 0 Å². The van der Waals surface area contributed by atoms with Crippen molar-refractivity contribution in [1.29, 1.82) is 0 Å². The number of rotatable bonds is 3. The lowest BCUT2D eigenvalue weighted by atomic mass is 9.74. The second-order valence-electron chi connectivity index (χ2n) is 7.23. The second kappa shape index (κ2) is 6.57. The van der Waals surface area contributed by atoms with Crippen LogP contribution in [0.25, 0.3) is 0 Å². The van der Waals surface area contributed by atoms with Gasteiger partial charge in [-0.1, -0.05) is 37.0 Å². The van der Waals surface area contributed by atoms with Crippen LogP contribution in [0.4, 0.5) is 0 Å². The van der Waals surface area contributed by atoms with E-state index >= 15 is 0 Å². The Morgan fingerprint density at radius 1 is 1.20 bits per heavy atom. The molecule has 1 amide bonds. The molecule has 1 aromatic carbocycles. The summed E-state index contributed by atoms with van der Waals surface area (Å²) in [5.74, 6) is -1.54. The Kier molecular flexibility index (Phi) is 4.91. The third-order valence-electron chi connectivity index (χ3n) is 5.97. The van der Waals surface area contributed by atoms with Crippen LogP contribution < -0.4 is 5.32 Å². The standard InChI is InChI=1S/C19H23Cl2NO3/c1-4-18(5-2)6-7-19(25-10-18)16(23)15(17(24)22-19)14-11(3)8-12(20)9-13(14)21/h8-9,15H,4-7,10H2,1-3H3,(H,22,24). The highest BCUT2D eigenvalue weighted by Crippen LogP contribution is 2.45. The molecule has 4 nitrogen and oxygen atoms in total. The van der Waals surface area contributed by atoms with Gasteiger partial charge in [-0.15, -0.1) is 0 Å². The van der Waals surface area contributed by atoms with Crippen LogP contribution in [0.3, 0.4) is 0 Å². The molecule has 2 unspecified atom stereocenters. The average Bonchev–Trinajstić information content (AvgIpc) is 2.80. The zero-order valence-electron chi connectivity index (χ0n) is 14.7. The molecular formula is C19H23Cl2NO3. The molecule has 6 heteroatoms. The minimum absolute atomic E-state index is 0.0855. The molecule has 1 aromatic rings. The molecule has 1 N–H and O–H groups in total. The van der Waals surface area contributed by atoms with E-state index in [0.717, 1.165) is 24.8 Å². The highest BCUT2D eigenvalue weighted by Gasteiger charge is 2.57. The molecule has 0 saturated carbocycles. The molecule has 0 bridgehead atoms. The van der Waals surface area contributed by atoms with Crippen LogP contribution in [-0.2, 0) is 14.3 Å². The minimum Gasteiger partial charge on any atom is -0.348 e. The average molecular weight is 384 g/mol. The number of benzene rings is 1. The maximum atomic E-state index is 13.2. The van der Waals surface area contributed by atoms with Gasteiger partial charge in [0.15, 0.2) is 0 Å². The number of ether oxygens (including phenoxy) is 1. The SMILES string of the molecule is CCC1(CC)CCC2(NC(=O)C(c3c(C)cc(Cl)cc3Cl)C2=O)OC1. The van der Waals surface area contributed by atoms with Gasteiger partial charge in [0.25, 0.3) is 0 Å². The number of nitrogens with one attached hydrogen (secondary N) is 1. The topological polar surface area (TPSA) is 55.4 Å². The largest absolute Gasteiger partial charge is 0.348 e. The number of halogens is 2. The molecule has 136 valence electrons. The molecular weight excluding hydrogens is 361 g/mol.